The predicted octanol–water partition coefficient (Wildman–Crippen LogP) is 5.38. The van der Waals surface area contributed by atoms with E-state index >= 15 is 0 Å². The Morgan fingerprint density at radius 1 is 1.47 bits per heavy atom. The first kappa shape index (κ1) is 16.5. The van der Waals surface area contributed by atoms with Gasteiger partial charge in [-0.05, 0) is 31.5 Å². The van der Waals surface area contributed by atoms with Crippen molar-refractivity contribution in [1.82, 2.24) is 0 Å². The predicted molar refractivity (Wildman–Crippen MR) is 76.5 cm³/mol. The Labute approximate surface area is 122 Å². The molecule has 0 fully saturated rings. The molecule has 106 valence electrons. The van der Waals surface area contributed by atoms with Gasteiger partial charge in [-0.15, -0.1) is 0 Å². The zero-order valence-electron chi connectivity index (χ0n) is 10.6. The maximum absolute atomic E-state index is 12.2. The van der Waals surface area contributed by atoms with Crippen LogP contribution in [0, 0.1) is 0 Å². The molecule has 7 heteroatoms. The van der Waals surface area contributed by atoms with Gasteiger partial charge in [0, 0.05) is 10.0 Å². The molecule has 0 bridgehead atoms. The molecule has 2 atom stereocenters. The monoisotopic (exact) mass is 324 g/mol. The van der Waals surface area contributed by atoms with E-state index in [2.05, 4.69) is 6.58 Å². The van der Waals surface area contributed by atoms with Gasteiger partial charge in [0.05, 0.1) is 19.0 Å². The Bertz CT molecular complexity index is 493. The number of hydrogen-bond acceptors (Lipinski definition) is 4. The van der Waals surface area contributed by atoms with E-state index in [-0.39, 0.29) is 6.61 Å². The summed E-state index contributed by atoms with van der Waals surface area (Å²) in [5, 5.41) is 0.929. The van der Waals surface area contributed by atoms with Crippen molar-refractivity contribution in [3.63, 3.8) is 0 Å². The molecule has 0 aliphatic rings. The smallest absolute Gasteiger partial charge is 0.413 e. The van der Waals surface area contributed by atoms with Gasteiger partial charge in [0.25, 0.3) is 0 Å². The Balaban J connectivity index is 2.90. The van der Waals surface area contributed by atoms with Crippen molar-refractivity contribution in [2.45, 2.75) is 20.0 Å². The van der Waals surface area contributed by atoms with E-state index < -0.39 is 13.9 Å². The zero-order chi connectivity index (χ0) is 14.5. The summed E-state index contributed by atoms with van der Waals surface area (Å²) in [6.45, 7) is 6.90. The van der Waals surface area contributed by atoms with Gasteiger partial charge in [0.1, 0.15) is 0 Å². The van der Waals surface area contributed by atoms with Gasteiger partial charge in [-0.3, -0.25) is 9.05 Å². The number of phosphoric ester groups is 1. The number of phosphoric acid groups is 1. The van der Waals surface area contributed by atoms with Crippen LogP contribution < -0.4 is 0 Å². The number of hydrogen-bond donors (Lipinski definition) is 0. The van der Waals surface area contributed by atoms with E-state index in [0.29, 0.717) is 15.6 Å². The maximum atomic E-state index is 12.2. The summed E-state index contributed by atoms with van der Waals surface area (Å²) in [6, 6.07) is 4.94. The van der Waals surface area contributed by atoms with Gasteiger partial charge in [-0.25, -0.2) is 4.57 Å². The first-order valence-electron chi connectivity index (χ1n) is 5.59. The lowest BCUT2D eigenvalue weighted by Crippen LogP contribution is -2.03. The van der Waals surface area contributed by atoms with E-state index in [1.807, 2.05) is 0 Å². The SMILES string of the molecule is C=COP(=O)(OCC)OC(C)c1ccc(Cl)cc1Cl. The molecule has 1 aromatic carbocycles. The third kappa shape index (κ3) is 4.83. The lowest BCUT2D eigenvalue weighted by molar-refractivity contribution is 0.111. The molecule has 0 saturated carbocycles. The minimum Gasteiger partial charge on any atom is -0.413 e. The average molecular weight is 325 g/mol. The van der Waals surface area contributed by atoms with Crippen LogP contribution in [0.1, 0.15) is 25.5 Å². The van der Waals surface area contributed by atoms with Crippen LogP contribution in [0.2, 0.25) is 10.0 Å². The molecular formula is C12H15Cl2O4P. The average Bonchev–Trinajstić information content (AvgIpc) is 2.28. The molecule has 0 saturated heterocycles. The maximum Gasteiger partial charge on any atom is 0.530 e. The van der Waals surface area contributed by atoms with Gasteiger partial charge in [-0.2, -0.15) is 0 Å². The highest BCUT2D eigenvalue weighted by atomic mass is 35.5. The number of halogens is 2. The summed E-state index contributed by atoms with van der Waals surface area (Å²) in [7, 11) is -3.68. The third-order valence-electron chi connectivity index (χ3n) is 2.18. The van der Waals surface area contributed by atoms with Gasteiger partial charge in [0.15, 0.2) is 0 Å². The van der Waals surface area contributed by atoms with Gasteiger partial charge >= 0.3 is 7.82 Å². The highest BCUT2D eigenvalue weighted by Crippen LogP contribution is 2.53. The molecule has 4 nitrogen and oxygen atoms in total. The third-order valence-corrected chi connectivity index (χ3v) is 4.30. The van der Waals surface area contributed by atoms with Crippen LogP contribution in [-0.2, 0) is 18.1 Å². The van der Waals surface area contributed by atoms with Gasteiger partial charge in [0.2, 0.25) is 0 Å². The normalized spacial score (nSPS) is 15.6. The van der Waals surface area contributed by atoms with E-state index in [9.17, 15) is 4.57 Å². The van der Waals surface area contributed by atoms with Crippen molar-refractivity contribution in [1.29, 1.82) is 0 Å². The minimum atomic E-state index is -3.68. The molecule has 0 amide bonds. The largest absolute Gasteiger partial charge is 0.530 e. The van der Waals surface area contributed by atoms with Crippen LogP contribution in [-0.4, -0.2) is 6.61 Å². The van der Waals surface area contributed by atoms with Crippen LogP contribution in [0.15, 0.2) is 31.0 Å². The van der Waals surface area contributed by atoms with E-state index in [1.165, 1.54) is 0 Å². The zero-order valence-corrected chi connectivity index (χ0v) is 13.0. The summed E-state index contributed by atoms with van der Waals surface area (Å²) in [5.41, 5.74) is 0.638. The fourth-order valence-corrected chi connectivity index (χ4v) is 3.15. The van der Waals surface area contributed by atoms with Crippen LogP contribution in [0.5, 0.6) is 0 Å². The van der Waals surface area contributed by atoms with E-state index in [4.69, 9.17) is 36.8 Å². The lowest BCUT2D eigenvalue weighted by atomic mass is 10.1. The Morgan fingerprint density at radius 3 is 2.68 bits per heavy atom. The van der Waals surface area contributed by atoms with Crippen LogP contribution in [0.4, 0.5) is 0 Å². The number of rotatable bonds is 7. The first-order valence-corrected chi connectivity index (χ1v) is 7.80. The molecule has 0 aliphatic heterocycles. The molecular weight excluding hydrogens is 310 g/mol. The van der Waals surface area contributed by atoms with Crippen LogP contribution in [0.3, 0.4) is 0 Å². The van der Waals surface area contributed by atoms with Crippen molar-refractivity contribution in [3.8, 4) is 0 Å². The molecule has 0 aliphatic carbocycles. The molecule has 0 aromatic heterocycles. The Hall–Kier alpha value is -0.510. The van der Waals surface area contributed by atoms with Gasteiger partial charge < -0.3 is 4.52 Å². The molecule has 2 unspecified atom stereocenters. The second kappa shape index (κ2) is 7.32. The number of benzene rings is 1. The summed E-state index contributed by atoms with van der Waals surface area (Å²) in [4.78, 5) is 0. The highest BCUT2D eigenvalue weighted by Gasteiger charge is 2.30. The van der Waals surface area contributed by atoms with E-state index in [0.717, 1.165) is 6.26 Å². The molecule has 0 radical (unpaired) electrons. The van der Waals surface area contributed by atoms with Crippen molar-refractivity contribution < 1.29 is 18.1 Å². The van der Waals surface area contributed by atoms with E-state index in [1.54, 1.807) is 32.0 Å². The van der Waals surface area contributed by atoms with Crippen LogP contribution in [0.25, 0.3) is 0 Å². The van der Waals surface area contributed by atoms with Crippen LogP contribution >= 0.6 is 31.0 Å². The molecule has 0 heterocycles. The summed E-state index contributed by atoms with van der Waals surface area (Å²) in [5.74, 6) is 0. The molecule has 0 spiro atoms. The quantitative estimate of drug-likeness (QED) is 0.499. The van der Waals surface area contributed by atoms with Gasteiger partial charge in [-0.1, -0.05) is 35.8 Å². The van der Waals surface area contributed by atoms with Crippen molar-refractivity contribution in [3.05, 3.63) is 46.6 Å². The lowest BCUT2D eigenvalue weighted by Gasteiger charge is -2.21. The Kier molecular flexibility index (Phi) is 6.37. The fourth-order valence-electron chi connectivity index (χ4n) is 1.42. The standard InChI is InChI=1S/C12H15Cl2O4P/c1-4-16-19(15,17-5-2)18-9(3)11-7-6-10(13)8-12(11)14/h4,6-9H,1,5H2,2-3H3. The molecule has 0 N–H and O–H groups in total. The summed E-state index contributed by atoms with van der Waals surface area (Å²) >= 11 is 11.9. The van der Waals surface area contributed by atoms with Crippen molar-refractivity contribution in [2.24, 2.45) is 0 Å². The molecule has 1 aromatic rings. The fraction of sp³-hybridized carbons (Fsp3) is 0.333. The first-order chi connectivity index (χ1) is 8.91. The second-order valence-corrected chi connectivity index (χ2v) is 5.97. The molecule has 19 heavy (non-hydrogen) atoms. The van der Waals surface area contributed by atoms with Crippen molar-refractivity contribution >= 4 is 31.0 Å². The summed E-state index contributed by atoms with van der Waals surface area (Å²) in [6.07, 6.45) is 0.439. The minimum absolute atomic E-state index is 0.187. The summed E-state index contributed by atoms with van der Waals surface area (Å²) < 4.78 is 27.3. The Morgan fingerprint density at radius 2 is 2.16 bits per heavy atom. The topological polar surface area (TPSA) is 44.8 Å². The molecule has 1 rings (SSSR count). The second-order valence-electron chi connectivity index (χ2n) is 3.55. The van der Waals surface area contributed by atoms with Crippen molar-refractivity contribution in [2.75, 3.05) is 6.61 Å². The highest BCUT2D eigenvalue weighted by molar-refractivity contribution is 7.48.